The van der Waals surface area contributed by atoms with E-state index in [1.54, 1.807) is 10.7 Å². The highest BCUT2D eigenvalue weighted by Crippen LogP contribution is 2.13. The smallest absolute Gasteiger partial charge is 0.169 e. The first-order chi connectivity index (χ1) is 8.99. The Balaban J connectivity index is 2.25. The minimum atomic E-state index is -0.747. The lowest BCUT2D eigenvalue weighted by atomic mass is 10.1. The molecule has 0 N–H and O–H groups in total. The molecule has 1 heterocycles. The number of hydrogen-bond acceptors (Lipinski definition) is 2. The SMILES string of the molecule is CCn1nc(C)cc1CC(=O)c1cc(F)cc(F)c1. The van der Waals surface area contributed by atoms with Crippen molar-refractivity contribution in [3.63, 3.8) is 0 Å². The van der Waals surface area contributed by atoms with Crippen LogP contribution < -0.4 is 0 Å². The zero-order valence-corrected chi connectivity index (χ0v) is 10.8. The van der Waals surface area contributed by atoms with Crippen LogP contribution in [0.4, 0.5) is 8.78 Å². The summed E-state index contributed by atoms with van der Waals surface area (Å²) in [6.45, 7) is 4.40. The molecule has 0 saturated carbocycles. The Kier molecular flexibility index (Phi) is 3.74. The van der Waals surface area contributed by atoms with Gasteiger partial charge in [0.2, 0.25) is 0 Å². The number of nitrogens with zero attached hydrogens (tertiary/aromatic N) is 2. The fourth-order valence-corrected chi connectivity index (χ4v) is 2.00. The monoisotopic (exact) mass is 264 g/mol. The second-order valence-corrected chi connectivity index (χ2v) is 4.35. The van der Waals surface area contributed by atoms with Gasteiger partial charge in [-0.1, -0.05) is 0 Å². The Hall–Kier alpha value is -2.04. The molecule has 0 atom stereocenters. The molecule has 0 aliphatic heterocycles. The van der Waals surface area contributed by atoms with Gasteiger partial charge in [-0.3, -0.25) is 9.48 Å². The van der Waals surface area contributed by atoms with E-state index in [4.69, 9.17) is 0 Å². The maximum atomic E-state index is 13.1. The van der Waals surface area contributed by atoms with Crippen LogP contribution in [-0.4, -0.2) is 15.6 Å². The van der Waals surface area contributed by atoms with E-state index in [2.05, 4.69) is 5.10 Å². The third kappa shape index (κ3) is 3.05. The number of ketones is 1. The molecule has 5 heteroatoms. The molecule has 1 aromatic carbocycles. The zero-order valence-electron chi connectivity index (χ0n) is 10.8. The average molecular weight is 264 g/mol. The van der Waals surface area contributed by atoms with Crippen LogP contribution in [0.2, 0.25) is 0 Å². The van der Waals surface area contributed by atoms with Crippen molar-refractivity contribution >= 4 is 5.78 Å². The van der Waals surface area contributed by atoms with Crippen LogP contribution in [0.3, 0.4) is 0 Å². The quantitative estimate of drug-likeness (QED) is 0.796. The number of aromatic nitrogens is 2. The van der Waals surface area contributed by atoms with E-state index < -0.39 is 11.6 Å². The summed E-state index contributed by atoms with van der Waals surface area (Å²) in [4.78, 5) is 12.0. The van der Waals surface area contributed by atoms with E-state index in [-0.39, 0.29) is 17.8 Å². The van der Waals surface area contributed by atoms with Crippen LogP contribution in [0.5, 0.6) is 0 Å². The van der Waals surface area contributed by atoms with Crippen molar-refractivity contribution in [1.29, 1.82) is 0 Å². The van der Waals surface area contributed by atoms with Gasteiger partial charge in [-0.15, -0.1) is 0 Å². The number of carbonyl (C=O) groups is 1. The molecular formula is C14H14F2N2O. The highest BCUT2D eigenvalue weighted by molar-refractivity contribution is 5.97. The number of Topliss-reactive ketones (excluding diaryl/α,β-unsaturated/α-hetero) is 1. The van der Waals surface area contributed by atoms with Gasteiger partial charge in [0.05, 0.1) is 12.1 Å². The van der Waals surface area contributed by atoms with Gasteiger partial charge in [-0.05, 0) is 32.0 Å². The first-order valence-electron chi connectivity index (χ1n) is 6.02. The topological polar surface area (TPSA) is 34.9 Å². The molecule has 0 spiro atoms. The third-order valence-electron chi connectivity index (χ3n) is 2.81. The molecule has 0 fully saturated rings. The van der Waals surface area contributed by atoms with E-state index in [1.807, 2.05) is 13.8 Å². The predicted molar refractivity (Wildman–Crippen MR) is 67.0 cm³/mol. The lowest BCUT2D eigenvalue weighted by Crippen LogP contribution is -2.10. The number of halogens is 2. The summed E-state index contributed by atoms with van der Waals surface area (Å²) in [5.74, 6) is -1.82. The largest absolute Gasteiger partial charge is 0.294 e. The fourth-order valence-electron chi connectivity index (χ4n) is 2.00. The van der Waals surface area contributed by atoms with Crippen LogP contribution in [-0.2, 0) is 13.0 Å². The number of hydrogen-bond donors (Lipinski definition) is 0. The predicted octanol–water partition coefficient (Wildman–Crippen LogP) is 2.92. The lowest BCUT2D eigenvalue weighted by molar-refractivity contribution is 0.0989. The summed E-state index contributed by atoms with van der Waals surface area (Å²) in [7, 11) is 0. The molecule has 0 saturated heterocycles. The van der Waals surface area contributed by atoms with Gasteiger partial charge >= 0.3 is 0 Å². The molecule has 0 bridgehead atoms. The van der Waals surface area contributed by atoms with Crippen LogP contribution in [0.1, 0.15) is 28.7 Å². The van der Waals surface area contributed by atoms with Crippen LogP contribution in [0, 0.1) is 18.6 Å². The van der Waals surface area contributed by atoms with E-state index in [1.165, 1.54) is 0 Å². The van der Waals surface area contributed by atoms with Crippen LogP contribution >= 0.6 is 0 Å². The second kappa shape index (κ2) is 5.30. The fraction of sp³-hybridized carbons (Fsp3) is 0.286. The van der Waals surface area contributed by atoms with E-state index in [0.717, 1.165) is 29.6 Å². The summed E-state index contributed by atoms with van der Waals surface area (Å²) >= 11 is 0. The van der Waals surface area contributed by atoms with E-state index in [0.29, 0.717) is 6.54 Å². The molecule has 2 aromatic rings. The Bertz CT molecular complexity index is 600. The van der Waals surface area contributed by atoms with Crippen molar-refractivity contribution in [2.75, 3.05) is 0 Å². The molecule has 0 aliphatic carbocycles. The van der Waals surface area contributed by atoms with Crippen molar-refractivity contribution in [2.24, 2.45) is 0 Å². The summed E-state index contributed by atoms with van der Waals surface area (Å²) in [6, 6.07) is 4.64. The Labute approximate surface area is 109 Å². The normalized spacial score (nSPS) is 10.7. The number of aryl methyl sites for hydroxylation is 2. The second-order valence-electron chi connectivity index (χ2n) is 4.35. The maximum absolute atomic E-state index is 13.1. The summed E-state index contributed by atoms with van der Waals surface area (Å²) in [5.41, 5.74) is 1.60. The first-order valence-corrected chi connectivity index (χ1v) is 6.02. The molecule has 1 aromatic heterocycles. The molecule has 3 nitrogen and oxygen atoms in total. The third-order valence-corrected chi connectivity index (χ3v) is 2.81. The van der Waals surface area contributed by atoms with Gasteiger partial charge in [0, 0.05) is 23.9 Å². The van der Waals surface area contributed by atoms with Gasteiger partial charge in [-0.2, -0.15) is 5.10 Å². The molecule has 0 unspecified atom stereocenters. The maximum Gasteiger partial charge on any atom is 0.169 e. The number of benzene rings is 1. The van der Waals surface area contributed by atoms with Crippen molar-refractivity contribution in [2.45, 2.75) is 26.8 Å². The molecule has 19 heavy (non-hydrogen) atoms. The van der Waals surface area contributed by atoms with Crippen molar-refractivity contribution in [1.82, 2.24) is 9.78 Å². The highest BCUT2D eigenvalue weighted by Gasteiger charge is 2.13. The van der Waals surface area contributed by atoms with Gasteiger partial charge in [0.1, 0.15) is 11.6 Å². The van der Waals surface area contributed by atoms with Gasteiger partial charge in [0.15, 0.2) is 5.78 Å². The van der Waals surface area contributed by atoms with E-state index >= 15 is 0 Å². The minimum absolute atomic E-state index is 0.0407. The number of carbonyl (C=O) groups excluding carboxylic acids is 1. The Morgan fingerprint density at radius 3 is 2.42 bits per heavy atom. The van der Waals surface area contributed by atoms with Gasteiger partial charge in [0.25, 0.3) is 0 Å². The highest BCUT2D eigenvalue weighted by atomic mass is 19.1. The zero-order chi connectivity index (χ0) is 14.0. The summed E-state index contributed by atoms with van der Waals surface area (Å²) in [6.07, 6.45) is 0.0809. The Morgan fingerprint density at radius 2 is 1.84 bits per heavy atom. The summed E-state index contributed by atoms with van der Waals surface area (Å²) < 4.78 is 27.8. The van der Waals surface area contributed by atoms with Crippen LogP contribution in [0.25, 0.3) is 0 Å². The summed E-state index contributed by atoms with van der Waals surface area (Å²) in [5, 5.41) is 4.23. The first kappa shape index (κ1) is 13.4. The van der Waals surface area contributed by atoms with Crippen molar-refractivity contribution in [3.05, 3.63) is 52.9 Å². The van der Waals surface area contributed by atoms with Crippen molar-refractivity contribution < 1.29 is 13.6 Å². The van der Waals surface area contributed by atoms with Gasteiger partial charge in [-0.25, -0.2) is 8.78 Å². The molecule has 0 radical (unpaired) electrons. The molecule has 100 valence electrons. The lowest BCUT2D eigenvalue weighted by Gasteiger charge is -2.04. The standard InChI is InChI=1S/C14H14F2N2O/c1-3-18-13(4-9(2)17-18)8-14(19)10-5-11(15)7-12(16)6-10/h4-7H,3,8H2,1-2H3. The van der Waals surface area contributed by atoms with E-state index in [9.17, 15) is 13.6 Å². The number of rotatable bonds is 4. The molecule has 2 rings (SSSR count). The molecular weight excluding hydrogens is 250 g/mol. The van der Waals surface area contributed by atoms with Crippen LogP contribution in [0.15, 0.2) is 24.3 Å². The Morgan fingerprint density at radius 1 is 1.21 bits per heavy atom. The van der Waals surface area contributed by atoms with Gasteiger partial charge < -0.3 is 0 Å². The average Bonchev–Trinajstić information content (AvgIpc) is 2.68. The molecule has 0 aliphatic rings. The molecule has 0 amide bonds. The minimum Gasteiger partial charge on any atom is -0.294 e. The van der Waals surface area contributed by atoms with Crippen molar-refractivity contribution in [3.8, 4) is 0 Å².